The first kappa shape index (κ1) is 16.4. The summed E-state index contributed by atoms with van der Waals surface area (Å²) in [6.45, 7) is 5.02. The third-order valence-corrected chi connectivity index (χ3v) is 5.21. The van der Waals surface area contributed by atoms with E-state index >= 15 is 0 Å². The van der Waals surface area contributed by atoms with Crippen LogP contribution in [0, 0.1) is 5.92 Å². The van der Waals surface area contributed by atoms with Crippen LogP contribution in [0.3, 0.4) is 0 Å². The Bertz CT molecular complexity index is 498. The summed E-state index contributed by atoms with van der Waals surface area (Å²) in [7, 11) is 1.55. The van der Waals surface area contributed by atoms with E-state index in [2.05, 4.69) is 11.9 Å². The molecule has 2 unspecified atom stereocenters. The molecule has 0 aromatic carbocycles. The molecule has 0 spiro atoms. The van der Waals surface area contributed by atoms with Gasteiger partial charge in [0.2, 0.25) is 0 Å². The number of aromatic carboxylic acids is 1. The zero-order valence-corrected chi connectivity index (χ0v) is 13.7. The molecule has 2 atom stereocenters. The number of rotatable bonds is 6. The molecule has 1 aliphatic carbocycles. The molecular formula is C15H23NO4S. The van der Waals surface area contributed by atoms with Crippen molar-refractivity contribution in [3.8, 4) is 0 Å². The normalized spacial score (nSPS) is 26.0. The Labute approximate surface area is 129 Å². The average molecular weight is 313 g/mol. The molecule has 6 heteroatoms. The summed E-state index contributed by atoms with van der Waals surface area (Å²) in [5.74, 6) is -0.380. The topological polar surface area (TPSA) is 68.7 Å². The van der Waals surface area contributed by atoms with Crippen LogP contribution in [-0.4, -0.2) is 29.8 Å². The highest BCUT2D eigenvalue weighted by Crippen LogP contribution is 2.45. The Kier molecular flexibility index (Phi) is 5.35. The smallest absolute Gasteiger partial charge is 0.347 e. The number of hydrogen-bond acceptors (Lipinski definition) is 5. The van der Waals surface area contributed by atoms with Gasteiger partial charge in [0.1, 0.15) is 15.5 Å². The van der Waals surface area contributed by atoms with Crippen molar-refractivity contribution in [2.24, 2.45) is 5.92 Å². The number of methoxy groups -OCH3 is 1. The van der Waals surface area contributed by atoms with Gasteiger partial charge < -0.3 is 14.6 Å². The molecule has 0 radical (unpaired) electrons. The largest absolute Gasteiger partial charge is 0.477 e. The molecule has 118 valence electrons. The number of hydrogen-bond donors (Lipinski definition) is 1. The fourth-order valence-electron chi connectivity index (χ4n) is 3.11. The Balaban J connectivity index is 2.40. The predicted molar refractivity (Wildman–Crippen MR) is 80.7 cm³/mol. The quantitative estimate of drug-likeness (QED) is 0.871. The lowest BCUT2D eigenvalue weighted by Crippen LogP contribution is -2.35. The molecule has 1 aromatic heterocycles. The lowest BCUT2D eigenvalue weighted by molar-refractivity contribution is -0.0822. The maximum Gasteiger partial charge on any atom is 0.347 e. The second kappa shape index (κ2) is 6.85. The Morgan fingerprint density at radius 3 is 2.90 bits per heavy atom. The minimum absolute atomic E-state index is 0.218. The second-order valence-electron chi connectivity index (χ2n) is 5.66. The van der Waals surface area contributed by atoms with Gasteiger partial charge in [-0.15, -0.1) is 11.3 Å². The van der Waals surface area contributed by atoms with E-state index in [4.69, 9.17) is 9.47 Å². The molecule has 0 aliphatic heterocycles. The second-order valence-corrected chi connectivity index (χ2v) is 6.66. The highest BCUT2D eigenvalue weighted by Gasteiger charge is 2.41. The van der Waals surface area contributed by atoms with E-state index in [-0.39, 0.29) is 11.5 Å². The van der Waals surface area contributed by atoms with Gasteiger partial charge in [-0.25, -0.2) is 9.78 Å². The average Bonchev–Trinajstić information content (AvgIpc) is 2.84. The minimum atomic E-state index is -0.943. The lowest BCUT2D eigenvalue weighted by atomic mass is 9.79. The first-order chi connectivity index (χ1) is 10.0. The summed E-state index contributed by atoms with van der Waals surface area (Å²) in [4.78, 5) is 16.2. The van der Waals surface area contributed by atoms with Gasteiger partial charge in [0, 0.05) is 13.7 Å². The van der Waals surface area contributed by atoms with Gasteiger partial charge in [-0.3, -0.25) is 0 Å². The van der Waals surface area contributed by atoms with E-state index in [1.165, 1.54) is 17.8 Å². The Morgan fingerprint density at radius 2 is 2.33 bits per heavy atom. The summed E-state index contributed by atoms with van der Waals surface area (Å²) < 4.78 is 11.1. The van der Waals surface area contributed by atoms with Crippen molar-refractivity contribution < 1.29 is 19.4 Å². The van der Waals surface area contributed by atoms with Gasteiger partial charge in [0.25, 0.3) is 0 Å². The van der Waals surface area contributed by atoms with Crippen molar-refractivity contribution in [1.29, 1.82) is 0 Å². The number of ether oxygens (including phenoxy) is 2. The van der Waals surface area contributed by atoms with Crippen LogP contribution in [-0.2, 0) is 21.7 Å². The lowest BCUT2D eigenvalue weighted by Gasteiger charge is -2.38. The van der Waals surface area contributed by atoms with Crippen LogP contribution in [0.15, 0.2) is 0 Å². The number of carbonyl (C=O) groups is 1. The van der Waals surface area contributed by atoms with Crippen LogP contribution < -0.4 is 0 Å². The van der Waals surface area contributed by atoms with Crippen LogP contribution in [0.4, 0.5) is 0 Å². The zero-order valence-electron chi connectivity index (χ0n) is 12.8. The van der Waals surface area contributed by atoms with Crippen molar-refractivity contribution in [3.05, 3.63) is 15.6 Å². The van der Waals surface area contributed by atoms with Crippen LogP contribution in [0.2, 0.25) is 0 Å². The fraction of sp³-hybridized carbons (Fsp3) is 0.733. The summed E-state index contributed by atoms with van der Waals surface area (Å²) >= 11 is 1.24. The number of carboxylic acid groups (broad SMARTS) is 1. The molecule has 0 saturated heterocycles. The molecular weight excluding hydrogens is 290 g/mol. The number of nitrogens with zero attached hydrogens (tertiary/aromatic N) is 1. The van der Waals surface area contributed by atoms with Gasteiger partial charge in [-0.1, -0.05) is 13.3 Å². The number of aromatic nitrogens is 1. The molecule has 1 heterocycles. The van der Waals surface area contributed by atoms with E-state index in [9.17, 15) is 9.90 Å². The highest BCUT2D eigenvalue weighted by molar-refractivity contribution is 7.13. The summed E-state index contributed by atoms with van der Waals surface area (Å²) in [6.07, 6.45) is 4.09. The van der Waals surface area contributed by atoms with Crippen LogP contribution in [0.25, 0.3) is 0 Å². The van der Waals surface area contributed by atoms with E-state index in [0.29, 0.717) is 18.2 Å². The monoisotopic (exact) mass is 313 g/mol. The molecule has 5 nitrogen and oxygen atoms in total. The van der Waals surface area contributed by atoms with E-state index < -0.39 is 11.6 Å². The van der Waals surface area contributed by atoms with Crippen molar-refractivity contribution >= 4 is 17.3 Å². The first-order valence-corrected chi connectivity index (χ1v) is 8.20. The van der Waals surface area contributed by atoms with Crippen molar-refractivity contribution in [1.82, 2.24) is 4.98 Å². The molecule has 1 aliphatic rings. The molecule has 1 saturated carbocycles. The number of carboxylic acids is 1. The molecule has 0 amide bonds. The molecule has 21 heavy (non-hydrogen) atoms. The van der Waals surface area contributed by atoms with Gasteiger partial charge in [-0.05, 0) is 32.1 Å². The van der Waals surface area contributed by atoms with E-state index in [0.717, 1.165) is 24.3 Å². The summed E-state index contributed by atoms with van der Waals surface area (Å²) in [5.41, 5.74) is 0.0788. The van der Waals surface area contributed by atoms with E-state index in [1.807, 2.05) is 6.92 Å². The Hall–Kier alpha value is -0.980. The van der Waals surface area contributed by atoms with Gasteiger partial charge >= 0.3 is 5.97 Å². The van der Waals surface area contributed by atoms with E-state index in [1.54, 1.807) is 7.11 Å². The summed E-state index contributed by atoms with van der Waals surface area (Å²) in [5, 5.41) is 10.1. The molecule has 0 bridgehead atoms. The predicted octanol–water partition coefficient (Wildman–Crippen LogP) is 3.43. The Morgan fingerprint density at radius 1 is 1.57 bits per heavy atom. The molecule has 1 aromatic rings. The van der Waals surface area contributed by atoms with Crippen LogP contribution in [0.1, 0.15) is 59.9 Å². The van der Waals surface area contributed by atoms with Crippen molar-refractivity contribution in [3.63, 3.8) is 0 Å². The zero-order chi connectivity index (χ0) is 15.5. The van der Waals surface area contributed by atoms with Crippen LogP contribution >= 0.6 is 11.3 Å². The maximum absolute atomic E-state index is 11.4. The SMILES string of the molecule is CCOC1(c2nc(COC)c(C(=O)O)s2)CCCC(C)C1. The summed E-state index contributed by atoms with van der Waals surface area (Å²) in [6, 6.07) is 0. The van der Waals surface area contributed by atoms with Gasteiger partial charge in [0.05, 0.1) is 12.3 Å². The minimum Gasteiger partial charge on any atom is -0.477 e. The van der Waals surface area contributed by atoms with Gasteiger partial charge in [0.15, 0.2) is 0 Å². The van der Waals surface area contributed by atoms with Crippen molar-refractivity contribution in [2.45, 2.75) is 51.7 Å². The highest BCUT2D eigenvalue weighted by atomic mass is 32.1. The standard InChI is InChI=1S/C15H23NO4S/c1-4-20-15(7-5-6-10(2)8-15)14-16-11(9-19-3)12(21-14)13(17)18/h10H,4-9H2,1-3H3,(H,17,18). The molecule has 1 N–H and O–H groups in total. The first-order valence-electron chi connectivity index (χ1n) is 7.38. The molecule has 2 rings (SSSR count). The van der Waals surface area contributed by atoms with Crippen LogP contribution in [0.5, 0.6) is 0 Å². The number of thiazole rings is 1. The third kappa shape index (κ3) is 3.44. The van der Waals surface area contributed by atoms with Gasteiger partial charge in [-0.2, -0.15) is 0 Å². The van der Waals surface area contributed by atoms with Crippen molar-refractivity contribution in [2.75, 3.05) is 13.7 Å². The fourth-order valence-corrected chi connectivity index (χ4v) is 4.20. The maximum atomic E-state index is 11.4. The molecule has 1 fully saturated rings. The third-order valence-electron chi connectivity index (χ3n) is 3.94.